The number of nitrogens with one attached hydrogen (secondary N) is 2. The van der Waals surface area contributed by atoms with E-state index in [1.165, 1.54) is 0 Å². The van der Waals surface area contributed by atoms with Crippen LogP contribution in [0.2, 0.25) is 0 Å². The standard InChI is InChI=1S/C21H26BrN3O2/c1-3-12-25(13-4-2)21(27)16-8-10-18(11-9-16)24-20(26)15-23-19-7-5-6-17(22)14-19/h5-11,14,23H,3-4,12-13,15H2,1-2H3,(H,24,26). The predicted molar refractivity (Wildman–Crippen MR) is 114 cm³/mol. The monoisotopic (exact) mass is 431 g/mol. The molecule has 2 rings (SSSR count). The molecule has 6 heteroatoms. The van der Waals surface area contributed by atoms with Crippen LogP contribution < -0.4 is 10.6 Å². The van der Waals surface area contributed by atoms with E-state index >= 15 is 0 Å². The fourth-order valence-corrected chi connectivity index (χ4v) is 3.12. The van der Waals surface area contributed by atoms with E-state index in [1.807, 2.05) is 29.2 Å². The second-order valence-electron chi connectivity index (χ2n) is 6.28. The third kappa shape index (κ3) is 6.71. The Balaban J connectivity index is 1.90. The summed E-state index contributed by atoms with van der Waals surface area (Å²) in [6, 6.07) is 14.7. The van der Waals surface area contributed by atoms with Crippen LogP contribution in [0.15, 0.2) is 53.0 Å². The zero-order chi connectivity index (χ0) is 19.6. The summed E-state index contributed by atoms with van der Waals surface area (Å²) in [5, 5.41) is 5.91. The predicted octanol–water partition coefficient (Wildman–Crippen LogP) is 4.76. The Morgan fingerprint density at radius 3 is 2.22 bits per heavy atom. The lowest BCUT2D eigenvalue weighted by Gasteiger charge is -2.21. The summed E-state index contributed by atoms with van der Waals surface area (Å²) >= 11 is 3.40. The van der Waals surface area contributed by atoms with Crippen molar-refractivity contribution in [3.63, 3.8) is 0 Å². The summed E-state index contributed by atoms with van der Waals surface area (Å²) < 4.78 is 0.952. The van der Waals surface area contributed by atoms with Gasteiger partial charge in [-0.05, 0) is 55.3 Å². The second kappa shape index (κ2) is 10.7. The topological polar surface area (TPSA) is 61.4 Å². The number of anilines is 2. The first kappa shape index (κ1) is 21.0. The van der Waals surface area contributed by atoms with Gasteiger partial charge in [-0.2, -0.15) is 0 Å². The average molecular weight is 432 g/mol. The van der Waals surface area contributed by atoms with Crippen molar-refractivity contribution in [2.24, 2.45) is 0 Å². The number of benzene rings is 2. The van der Waals surface area contributed by atoms with E-state index in [-0.39, 0.29) is 18.4 Å². The van der Waals surface area contributed by atoms with Gasteiger partial charge in [0.1, 0.15) is 0 Å². The van der Waals surface area contributed by atoms with Crippen molar-refractivity contribution in [3.8, 4) is 0 Å². The molecule has 0 bridgehead atoms. The molecule has 0 atom stereocenters. The number of halogens is 1. The zero-order valence-corrected chi connectivity index (χ0v) is 17.4. The van der Waals surface area contributed by atoms with Gasteiger partial charge in [-0.25, -0.2) is 0 Å². The molecule has 2 N–H and O–H groups in total. The molecule has 0 fully saturated rings. The maximum absolute atomic E-state index is 12.6. The zero-order valence-electron chi connectivity index (χ0n) is 15.8. The SMILES string of the molecule is CCCN(CCC)C(=O)c1ccc(NC(=O)CNc2cccc(Br)c2)cc1. The van der Waals surface area contributed by atoms with E-state index in [0.29, 0.717) is 11.3 Å². The third-order valence-corrected chi connectivity index (χ3v) is 4.46. The molecule has 0 saturated heterocycles. The summed E-state index contributed by atoms with van der Waals surface area (Å²) in [6.07, 6.45) is 1.87. The molecule has 5 nitrogen and oxygen atoms in total. The minimum Gasteiger partial charge on any atom is -0.376 e. The van der Waals surface area contributed by atoms with E-state index in [1.54, 1.807) is 24.3 Å². The Hall–Kier alpha value is -2.34. The van der Waals surface area contributed by atoms with Crippen molar-refractivity contribution in [2.45, 2.75) is 26.7 Å². The van der Waals surface area contributed by atoms with Gasteiger partial charge in [-0.3, -0.25) is 9.59 Å². The lowest BCUT2D eigenvalue weighted by atomic mass is 10.1. The Labute approximate surface area is 169 Å². The lowest BCUT2D eigenvalue weighted by molar-refractivity contribution is -0.114. The van der Waals surface area contributed by atoms with E-state index < -0.39 is 0 Å². The highest BCUT2D eigenvalue weighted by Gasteiger charge is 2.14. The van der Waals surface area contributed by atoms with Crippen LogP contribution in [0.4, 0.5) is 11.4 Å². The molecule has 2 aromatic rings. The van der Waals surface area contributed by atoms with Gasteiger partial charge in [0, 0.05) is 34.5 Å². The van der Waals surface area contributed by atoms with Gasteiger partial charge in [-0.1, -0.05) is 35.8 Å². The normalized spacial score (nSPS) is 10.3. The van der Waals surface area contributed by atoms with Gasteiger partial charge in [-0.15, -0.1) is 0 Å². The first-order chi connectivity index (χ1) is 13.0. The average Bonchev–Trinajstić information content (AvgIpc) is 2.66. The van der Waals surface area contributed by atoms with E-state index in [2.05, 4.69) is 40.4 Å². The Bertz CT molecular complexity index is 756. The summed E-state index contributed by atoms with van der Waals surface area (Å²) in [5.41, 5.74) is 2.18. The first-order valence-corrected chi connectivity index (χ1v) is 10.0. The number of rotatable bonds is 9. The molecule has 2 aromatic carbocycles. The Morgan fingerprint density at radius 2 is 1.63 bits per heavy atom. The molecule has 144 valence electrons. The molecule has 0 aliphatic carbocycles. The van der Waals surface area contributed by atoms with Crippen LogP contribution in [0.25, 0.3) is 0 Å². The quantitative estimate of drug-likeness (QED) is 0.601. The van der Waals surface area contributed by atoms with Gasteiger partial charge in [0.2, 0.25) is 5.91 Å². The van der Waals surface area contributed by atoms with Crippen LogP contribution in [0.3, 0.4) is 0 Å². The smallest absolute Gasteiger partial charge is 0.253 e. The van der Waals surface area contributed by atoms with Gasteiger partial charge < -0.3 is 15.5 Å². The summed E-state index contributed by atoms with van der Waals surface area (Å²) in [6.45, 7) is 5.81. The van der Waals surface area contributed by atoms with Crippen molar-refractivity contribution in [1.29, 1.82) is 0 Å². The first-order valence-electron chi connectivity index (χ1n) is 9.22. The number of nitrogens with zero attached hydrogens (tertiary/aromatic N) is 1. The van der Waals surface area contributed by atoms with Crippen LogP contribution in [-0.4, -0.2) is 36.3 Å². The highest BCUT2D eigenvalue weighted by atomic mass is 79.9. The van der Waals surface area contributed by atoms with Crippen molar-refractivity contribution in [1.82, 2.24) is 4.90 Å². The number of carbonyl (C=O) groups excluding carboxylic acids is 2. The van der Waals surface area contributed by atoms with E-state index in [0.717, 1.165) is 36.1 Å². The minimum absolute atomic E-state index is 0.0351. The minimum atomic E-state index is -0.146. The fraction of sp³-hybridized carbons (Fsp3) is 0.333. The molecule has 2 amide bonds. The molecule has 0 unspecified atom stereocenters. The van der Waals surface area contributed by atoms with Crippen LogP contribution in [0.1, 0.15) is 37.0 Å². The van der Waals surface area contributed by atoms with E-state index in [4.69, 9.17) is 0 Å². The summed E-state index contributed by atoms with van der Waals surface area (Å²) in [4.78, 5) is 26.5. The lowest BCUT2D eigenvalue weighted by Crippen LogP contribution is -2.32. The van der Waals surface area contributed by atoms with Gasteiger partial charge >= 0.3 is 0 Å². The molecule has 0 aliphatic heterocycles. The fourth-order valence-electron chi connectivity index (χ4n) is 2.72. The molecule has 0 saturated carbocycles. The summed E-state index contributed by atoms with van der Waals surface area (Å²) in [7, 11) is 0. The highest BCUT2D eigenvalue weighted by molar-refractivity contribution is 9.10. The van der Waals surface area contributed by atoms with Crippen molar-refractivity contribution in [2.75, 3.05) is 30.3 Å². The highest BCUT2D eigenvalue weighted by Crippen LogP contribution is 2.16. The number of hydrogen-bond acceptors (Lipinski definition) is 3. The van der Waals surface area contributed by atoms with Gasteiger partial charge in [0.25, 0.3) is 5.91 Å². The van der Waals surface area contributed by atoms with Crippen molar-refractivity contribution >= 4 is 39.1 Å². The largest absolute Gasteiger partial charge is 0.376 e. The van der Waals surface area contributed by atoms with Gasteiger partial charge in [0.15, 0.2) is 0 Å². The van der Waals surface area contributed by atoms with Crippen molar-refractivity contribution in [3.05, 3.63) is 58.6 Å². The Kier molecular flexibility index (Phi) is 8.33. The maximum Gasteiger partial charge on any atom is 0.253 e. The molecule has 0 radical (unpaired) electrons. The van der Waals surface area contributed by atoms with Crippen LogP contribution in [0, 0.1) is 0 Å². The van der Waals surface area contributed by atoms with E-state index in [9.17, 15) is 9.59 Å². The molecule has 0 heterocycles. The third-order valence-electron chi connectivity index (χ3n) is 3.97. The Morgan fingerprint density at radius 1 is 0.963 bits per heavy atom. The maximum atomic E-state index is 12.6. The molecule has 0 spiro atoms. The van der Waals surface area contributed by atoms with Crippen LogP contribution in [-0.2, 0) is 4.79 Å². The van der Waals surface area contributed by atoms with Gasteiger partial charge in [0.05, 0.1) is 6.54 Å². The molecule has 27 heavy (non-hydrogen) atoms. The molecule has 0 aliphatic rings. The second-order valence-corrected chi connectivity index (χ2v) is 7.20. The summed E-state index contributed by atoms with van der Waals surface area (Å²) in [5.74, 6) is -0.111. The molecular weight excluding hydrogens is 406 g/mol. The molecular formula is C21H26BrN3O2. The molecule has 0 aromatic heterocycles. The number of amides is 2. The van der Waals surface area contributed by atoms with Crippen molar-refractivity contribution < 1.29 is 9.59 Å². The number of carbonyl (C=O) groups is 2. The van der Waals surface area contributed by atoms with Crippen LogP contribution in [0.5, 0.6) is 0 Å². The van der Waals surface area contributed by atoms with Crippen LogP contribution >= 0.6 is 15.9 Å². The number of hydrogen-bond donors (Lipinski definition) is 2.